The maximum absolute atomic E-state index is 5.30. The maximum Gasteiger partial charge on any atom is 0.191 e. The van der Waals surface area contributed by atoms with Crippen molar-refractivity contribution in [2.75, 3.05) is 21.3 Å². The molecule has 0 spiro atoms. The van der Waals surface area contributed by atoms with Gasteiger partial charge in [0.2, 0.25) is 0 Å². The predicted octanol–water partition coefficient (Wildman–Crippen LogP) is 2.27. The summed E-state index contributed by atoms with van der Waals surface area (Å²) in [5.41, 5.74) is 1.20. The van der Waals surface area contributed by atoms with Crippen LogP contribution in [-0.2, 0) is 30.9 Å². The van der Waals surface area contributed by atoms with E-state index < -0.39 is 0 Å². The van der Waals surface area contributed by atoms with E-state index in [0.717, 1.165) is 42.7 Å². The Hall–Kier alpha value is -3.13. The summed E-state index contributed by atoms with van der Waals surface area (Å²) in [6, 6.07) is 12.8. The Balaban J connectivity index is 1.35. The molecular formula is C22H28N6O2. The molecule has 1 aliphatic heterocycles. The first-order chi connectivity index (χ1) is 14.7. The molecule has 0 amide bonds. The highest BCUT2D eigenvalue weighted by Crippen LogP contribution is 2.22. The van der Waals surface area contributed by atoms with E-state index in [1.165, 1.54) is 16.3 Å². The lowest BCUT2D eigenvalue weighted by atomic mass is 10.1. The number of nitrogens with one attached hydrogen (secondary N) is 2. The van der Waals surface area contributed by atoms with E-state index in [0.29, 0.717) is 13.2 Å². The smallest absolute Gasteiger partial charge is 0.191 e. The van der Waals surface area contributed by atoms with Crippen molar-refractivity contribution in [1.29, 1.82) is 0 Å². The standard InChI is InChI=1S/C22H28N6O2/c1-23-22(25-18-7-9-21-26-20(14-29-2)27-28(21)13-18)24-12-15-4-5-17-11-19(30-3)8-6-16(17)10-15/h4-6,8,10-11,18H,7,9,12-14H2,1-3H3,(H2,23,24,25). The van der Waals surface area contributed by atoms with E-state index in [1.54, 1.807) is 21.3 Å². The van der Waals surface area contributed by atoms with Gasteiger partial charge in [0.15, 0.2) is 11.8 Å². The fourth-order valence-corrected chi connectivity index (χ4v) is 3.75. The highest BCUT2D eigenvalue weighted by atomic mass is 16.5. The molecule has 0 saturated carbocycles. The van der Waals surface area contributed by atoms with Crippen LogP contribution in [0.4, 0.5) is 0 Å². The fraction of sp³-hybridized carbons (Fsp3) is 0.409. The number of guanidine groups is 1. The average Bonchev–Trinajstić information content (AvgIpc) is 3.18. The van der Waals surface area contributed by atoms with Crippen molar-refractivity contribution >= 4 is 16.7 Å². The molecule has 1 unspecified atom stereocenters. The maximum atomic E-state index is 5.30. The molecule has 1 atom stereocenters. The Bertz CT molecular complexity index is 1050. The zero-order chi connectivity index (χ0) is 20.9. The van der Waals surface area contributed by atoms with Crippen molar-refractivity contribution in [2.24, 2.45) is 4.99 Å². The van der Waals surface area contributed by atoms with Crippen molar-refractivity contribution in [3.8, 4) is 5.75 Å². The first kappa shape index (κ1) is 20.2. The molecular weight excluding hydrogens is 380 g/mol. The molecule has 3 aromatic rings. The lowest BCUT2D eigenvalue weighted by Crippen LogP contribution is -2.46. The van der Waals surface area contributed by atoms with Gasteiger partial charge in [-0.05, 0) is 41.0 Å². The fourth-order valence-electron chi connectivity index (χ4n) is 3.75. The van der Waals surface area contributed by atoms with Gasteiger partial charge in [-0.2, -0.15) is 5.10 Å². The Morgan fingerprint density at radius 1 is 1.20 bits per heavy atom. The molecule has 8 heteroatoms. The van der Waals surface area contributed by atoms with Gasteiger partial charge in [-0.15, -0.1) is 0 Å². The normalized spacial score (nSPS) is 16.4. The molecule has 1 aromatic heterocycles. The second-order valence-electron chi connectivity index (χ2n) is 7.41. The number of ether oxygens (including phenoxy) is 2. The average molecular weight is 409 g/mol. The molecule has 158 valence electrons. The minimum Gasteiger partial charge on any atom is -0.497 e. The van der Waals surface area contributed by atoms with Crippen LogP contribution in [-0.4, -0.2) is 48.0 Å². The van der Waals surface area contributed by atoms with Crippen LogP contribution >= 0.6 is 0 Å². The van der Waals surface area contributed by atoms with E-state index in [9.17, 15) is 0 Å². The number of fused-ring (bicyclic) bond motifs is 2. The van der Waals surface area contributed by atoms with Gasteiger partial charge in [-0.1, -0.05) is 18.2 Å². The second kappa shape index (κ2) is 9.13. The molecule has 0 bridgehead atoms. The third-order valence-electron chi connectivity index (χ3n) is 5.31. The van der Waals surface area contributed by atoms with Crippen molar-refractivity contribution in [2.45, 2.75) is 38.6 Å². The Morgan fingerprint density at radius 3 is 2.83 bits per heavy atom. The number of rotatable bonds is 6. The number of nitrogens with zero attached hydrogens (tertiary/aromatic N) is 4. The summed E-state index contributed by atoms with van der Waals surface area (Å²) in [7, 11) is 5.14. The minimum atomic E-state index is 0.255. The summed E-state index contributed by atoms with van der Waals surface area (Å²) in [6.45, 7) is 1.91. The van der Waals surface area contributed by atoms with Gasteiger partial charge in [-0.25, -0.2) is 9.67 Å². The van der Waals surface area contributed by atoms with Crippen LogP contribution in [0.25, 0.3) is 10.8 Å². The molecule has 4 rings (SSSR count). The molecule has 0 fully saturated rings. The topological polar surface area (TPSA) is 85.6 Å². The molecule has 2 aromatic carbocycles. The van der Waals surface area contributed by atoms with Crippen LogP contribution in [0.1, 0.15) is 23.6 Å². The third-order valence-corrected chi connectivity index (χ3v) is 5.31. The van der Waals surface area contributed by atoms with E-state index in [4.69, 9.17) is 9.47 Å². The Kier molecular flexibility index (Phi) is 6.13. The summed E-state index contributed by atoms with van der Waals surface area (Å²) in [5, 5.41) is 13.8. The van der Waals surface area contributed by atoms with Crippen molar-refractivity contribution in [3.63, 3.8) is 0 Å². The zero-order valence-corrected chi connectivity index (χ0v) is 17.7. The molecule has 0 aliphatic carbocycles. The van der Waals surface area contributed by atoms with Gasteiger partial charge < -0.3 is 20.1 Å². The van der Waals surface area contributed by atoms with Crippen LogP contribution in [0, 0.1) is 0 Å². The Morgan fingerprint density at radius 2 is 2.03 bits per heavy atom. The van der Waals surface area contributed by atoms with Gasteiger partial charge in [0.1, 0.15) is 18.2 Å². The lowest BCUT2D eigenvalue weighted by Gasteiger charge is -2.25. The number of methoxy groups -OCH3 is 2. The van der Waals surface area contributed by atoms with Crippen molar-refractivity contribution in [1.82, 2.24) is 25.4 Å². The number of hydrogen-bond donors (Lipinski definition) is 2. The lowest BCUT2D eigenvalue weighted by molar-refractivity contribution is 0.177. The zero-order valence-electron chi connectivity index (χ0n) is 17.7. The van der Waals surface area contributed by atoms with E-state index >= 15 is 0 Å². The predicted molar refractivity (Wildman–Crippen MR) is 117 cm³/mol. The molecule has 30 heavy (non-hydrogen) atoms. The van der Waals surface area contributed by atoms with Crippen LogP contribution in [0.5, 0.6) is 5.75 Å². The third kappa shape index (κ3) is 4.54. The number of aliphatic imine (C=N–C) groups is 1. The number of aromatic nitrogens is 3. The number of aryl methyl sites for hydroxylation is 1. The SMILES string of the molecule is CN=C(NCc1ccc2cc(OC)ccc2c1)NC1CCc2nc(COC)nn2C1. The summed E-state index contributed by atoms with van der Waals surface area (Å²) in [6.07, 6.45) is 1.88. The second-order valence-corrected chi connectivity index (χ2v) is 7.41. The minimum absolute atomic E-state index is 0.255. The van der Waals surface area contributed by atoms with E-state index in [-0.39, 0.29) is 6.04 Å². The monoisotopic (exact) mass is 408 g/mol. The van der Waals surface area contributed by atoms with Gasteiger partial charge in [-0.3, -0.25) is 4.99 Å². The van der Waals surface area contributed by atoms with E-state index in [1.807, 2.05) is 16.8 Å². The molecule has 2 heterocycles. The first-order valence-corrected chi connectivity index (χ1v) is 10.1. The van der Waals surface area contributed by atoms with Crippen LogP contribution in [0.2, 0.25) is 0 Å². The van der Waals surface area contributed by atoms with Crippen LogP contribution < -0.4 is 15.4 Å². The molecule has 0 saturated heterocycles. The van der Waals surface area contributed by atoms with Gasteiger partial charge in [0.05, 0.1) is 13.7 Å². The summed E-state index contributed by atoms with van der Waals surface area (Å²) in [5.74, 6) is 3.42. The number of benzene rings is 2. The van der Waals surface area contributed by atoms with Crippen LogP contribution in [0.15, 0.2) is 41.4 Å². The van der Waals surface area contributed by atoms with Crippen molar-refractivity contribution < 1.29 is 9.47 Å². The van der Waals surface area contributed by atoms with Gasteiger partial charge >= 0.3 is 0 Å². The Labute approximate surface area is 176 Å². The summed E-state index contributed by atoms with van der Waals surface area (Å²) < 4.78 is 12.4. The summed E-state index contributed by atoms with van der Waals surface area (Å²) >= 11 is 0. The highest BCUT2D eigenvalue weighted by molar-refractivity contribution is 5.85. The molecule has 8 nitrogen and oxygen atoms in total. The van der Waals surface area contributed by atoms with Gasteiger partial charge in [0.25, 0.3) is 0 Å². The quantitative estimate of drug-likeness (QED) is 0.481. The van der Waals surface area contributed by atoms with Crippen molar-refractivity contribution in [3.05, 3.63) is 53.6 Å². The van der Waals surface area contributed by atoms with E-state index in [2.05, 4.69) is 50.0 Å². The largest absolute Gasteiger partial charge is 0.497 e. The first-order valence-electron chi connectivity index (χ1n) is 10.1. The highest BCUT2D eigenvalue weighted by Gasteiger charge is 2.22. The molecule has 1 aliphatic rings. The molecule has 2 N–H and O–H groups in total. The number of hydrogen-bond acceptors (Lipinski definition) is 5. The van der Waals surface area contributed by atoms with Crippen LogP contribution in [0.3, 0.4) is 0 Å². The molecule has 0 radical (unpaired) electrons. The summed E-state index contributed by atoms with van der Waals surface area (Å²) in [4.78, 5) is 8.92. The van der Waals surface area contributed by atoms with Gasteiger partial charge in [0, 0.05) is 33.2 Å².